The van der Waals surface area contributed by atoms with Gasteiger partial charge in [-0.15, -0.1) is 21.5 Å². The standard InChI is InChI=1S/C9H11N5O2S/c1-13(16-2)8(15)6-14-11-9(10-12-14)7-4-3-5-17-7/h3-5H,6H2,1-2H3. The highest BCUT2D eigenvalue weighted by molar-refractivity contribution is 7.13. The molecule has 0 aromatic carbocycles. The number of thiophene rings is 1. The maximum atomic E-state index is 11.5. The molecule has 0 fully saturated rings. The molecule has 0 unspecified atom stereocenters. The molecule has 0 bridgehead atoms. The Balaban J connectivity index is 2.07. The summed E-state index contributed by atoms with van der Waals surface area (Å²) in [6.45, 7) is 0.00269. The summed E-state index contributed by atoms with van der Waals surface area (Å²) in [5, 5.41) is 14.8. The number of aromatic nitrogens is 4. The Morgan fingerprint density at radius 1 is 1.65 bits per heavy atom. The molecule has 7 nitrogen and oxygen atoms in total. The number of likely N-dealkylation sites (N-methyl/N-ethyl adjacent to an activating group) is 1. The van der Waals surface area contributed by atoms with Crippen molar-refractivity contribution in [1.29, 1.82) is 0 Å². The van der Waals surface area contributed by atoms with Gasteiger partial charge in [-0.05, 0) is 16.7 Å². The van der Waals surface area contributed by atoms with Crippen molar-refractivity contribution in [3.63, 3.8) is 0 Å². The Kier molecular flexibility index (Phi) is 3.45. The summed E-state index contributed by atoms with van der Waals surface area (Å²) in [5.74, 6) is 0.274. The topological polar surface area (TPSA) is 73.1 Å². The van der Waals surface area contributed by atoms with Crippen molar-refractivity contribution in [2.75, 3.05) is 14.2 Å². The highest BCUT2D eigenvalue weighted by Gasteiger charge is 2.12. The van der Waals surface area contributed by atoms with E-state index in [1.807, 2.05) is 17.5 Å². The van der Waals surface area contributed by atoms with Crippen LogP contribution in [0.25, 0.3) is 10.7 Å². The van der Waals surface area contributed by atoms with Gasteiger partial charge in [0.05, 0.1) is 12.0 Å². The minimum absolute atomic E-state index is 0.00269. The molecule has 90 valence electrons. The molecule has 2 aromatic rings. The van der Waals surface area contributed by atoms with E-state index >= 15 is 0 Å². The van der Waals surface area contributed by atoms with Crippen molar-refractivity contribution in [2.24, 2.45) is 0 Å². The highest BCUT2D eigenvalue weighted by Crippen LogP contribution is 2.19. The Morgan fingerprint density at radius 3 is 3.12 bits per heavy atom. The maximum absolute atomic E-state index is 11.5. The second kappa shape index (κ2) is 5.02. The molecule has 17 heavy (non-hydrogen) atoms. The molecular weight excluding hydrogens is 242 g/mol. The van der Waals surface area contributed by atoms with Gasteiger partial charge in [0.15, 0.2) is 0 Å². The molecule has 0 saturated carbocycles. The number of hydrogen-bond acceptors (Lipinski definition) is 6. The van der Waals surface area contributed by atoms with Gasteiger partial charge >= 0.3 is 0 Å². The number of carbonyl (C=O) groups excluding carboxylic acids is 1. The van der Waals surface area contributed by atoms with Gasteiger partial charge in [0.25, 0.3) is 5.91 Å². The fourth-order valence-corrected chi connectivity index (χ4v) is 1.78. The molecule has 0 saturated heterocycles. The molecule has 2 rings (SSSR count). The summed E-state index contributed by atoms with van der Waals surface area (Å²) in [6.07, 6.45) is 0. The average molecular weight is 253 g/mol. The summed E-state index contributed by atoms with van der Waals surface area (Å²) < 4.78 is 0. The minimum atomic E-state index is -0.248. The van der Waals surface area contributed by atoms with Crippen molar-refractivity contribution >= 4 is 17.2 Å². The van der Waals surface area contributed by atoms with Crippen LogP contribution in [0.2, 0.25) is 0 Å². The quantitative estimate of drug-likeness (QED) is 0.738. The molecular formula is C9H11N5O2S. The minimum Gasteiger partial charge on any atom is -0.275 e. The van der Waals surface area contributed by atoms with Gasteiger partial charge in [0.2, 0.25) is 5.82 Å². The molecule has 0 spiro atoms. The largest absolute Gasteiger partial charge is 0.275 e. The van der Waals surface area contributed by atoms with Crippen molar-refractivity contribution in [3.8, 4) is 10.7 Å². The predicted octanol–water partition coefficient (Wildman–Crippen LogP) is 0.421. The van der Waals surface area contributed by atoms with Crippen molar-refractivity contribution < 1.29 is 9.63 Å². The molecule has 8 heteroatoms. The first-order valence-corrected chi connectivity index (χ1v) is 5.71. The van der Waals surface area contributed by atoms with Gasteiger partial charge in [-0.3, -0.25) is 9.63 Å². The van der Waals surface area contributed by atoms with Crippen molar-refractivity contribution in [1.82, 2.24) is 25.3 Å². The van der Waals surface area contributed by atoms with Gasteiger partial charge in [-0.25, -0.2) is 5.06 Å². The molecule has 0 N–H and O–H groups in total. The Labute approximate surface area is 102 Å². The average Bonchev–Trinajstić information content (AvgIpc) is 2.97. The first-order chi connectivity index (χ1) is 8.20. The van der Waals surface area contributed by atoms with Crippen molar-refractivity contribution in [3.05, 3.63) is 17.5 Å². The van der Waals surface area contributed by atoms with Gasteiger partial charge < -0.3 is 0 Å². The lowest BCUT2D eigenvalue weighted by molar-refractivity contribution is -0.169. The van der Waals surface area contributed by atoms with Crippen LogP contribution in [0.5, 0.6) is 0 Å². The SMILES string of the molecule is CON(C)C(=O)Cn1nnc(-c2cccs2)n1. The fraction of sp³-hybridized carbons (Fsp3) is 0.333. The highest BCUT2D eigenvalue weighted by atomic mass is 32.1. The number of hydroxylamine groups is 2. The fourth-order valence-electron chi connectivity index (χ4n) is 1.14. The van der Waals surface area contributed by atoms with Crippen LogP contribution in [0.4, 0.5) is 0 Å². The lowest BCUT2D eigenvalue weighted by Crippen LogP contribution is -2.29. The Hall–Kier alpha value is -1.80. The third kappa shape index (κ3) is 2.66. The number of tetrazole rings is 1. The van der Waals surface area contributed by atoms with Gasteiger partial charge in [0.1, 0.15) is 6.54 Å². The van der Waals surface area contributed by atoms with E-state index in [4.69, 9.17) is 4.84 Å². The third-order valence-electron chi connectivity index (χ3n) is 2.10. The molecule has 0 radical (unpaired) electrons. The molecule has 0 aliphatic carbocycles. The van der Waals surface area contributed by atoms with E-state index in [1.54, 1.807) is 0 Å². The van der Waals surface area contributed by atoms with Crippen LogP contribution in [-0.4, -0.2) is 45.3 Å². The molecule has 0 aliphatic rings. The summed E-state index contributed by atoms with van der Waals surface area (Å²) in [7, 11) is 2.95. The number of nitrogens with zero attached hydrogens (tertiary/aromatic N) is 5. The normalized spacial score (nSPS) is 10.5. The van der Waals surface area contributed by atoms with Crippen LogP contribution in [0.1, 0.15) is 0 Å². The molecule has 0 atom stereocenters. The van der Waals surface area contributed by atoms with Crippen LogP contribution in [0, 0.1) is 0 Å². The van der Waals surface area contributed by atoms with Crippen LogP contribution in [0.3, 0.4) is 0 Å². The van der Waals surface area contributed by atoms with E-state index in [2.05, 4.69) is 15.4 Å². The summed E-state index contributed by atoms with van der Waals surface area (Å²) >= 11 is 1.52. The van der Waals surface area contributed by atoms with E-state index in [-0.39, 0.29) is 12.5 Å². The van der Waals surface area contributed by atoms with E-state index < -0.39 is 0 Å². The second-order valence-electron chi connectivity index (χ2n) is 3.19. The van der Waals surface area contributed by atoms with Crippen molar-refractivity contribution in [2.45, 2.75) is 6.54 Å². The Bertz CT molecular complexity index is 495. The number of rotatable bonds is 4. The third-order valence-corrected chi connectivity index (χ3v) is 2.96. The summed E-state index contributed by atoms with van der Waals surface area (Å²) in [5.41, 5.74) is 0. The number of amides is 1. The van der Waals surface area contributed by atoms with Gasteiger partial charge in [-0.2, -0.15) is 4.80 Å². The van der Waals surface area contributed by atoms with E-state index in [0.29, 0.717) is 5.82 Å². The van der Waals surface area contributed by atoms with Gasteiger partial charge in [-0.1, -0.05) is 6.07 Å². The summed E-state index contributed by atoms with van der Waals surface area (Å²) in [6, 6.07) is 3.81. The van der Waals surface area contributed by atoms with Gasteiger partial charge in [0, 0.05) is 7.05 Å². The molecule has 1 amide bonds. The molecule has 2 aromatic heterocycles. The van der Waals surface area contributed by atoms with Crippen LogP contribution >= 0.6 is 11.3 Å². The zero-order chi connectivity index (χ0) is 12.3. The lowest BCUT2D eigenvalue weighted by atomic mass is 10.5. The first-order valence-electron chi connectivity index (χ1n) is 4.83. The monoisotopic (exact) mass is 253 g/mol. The van der Waals surface area contributed by atoms with Crippen LogP contribution in [0.15, 0.2) is 17.5 Å². The molecule has 0 aliphatic heterocycles. The lowest BCUT2D eigenvalue weighted by Gasteiger charge is -2.12. The second-order valence-corrected chi connectivity index (χ2v) is 4.14. The summed E-state index contributed by atoms with van der Waals surface area (Å²) in [4.78, 5) is 18.4. The van der Waals surface area contributed by atoms with Crippen LogP contribution < -0.4 is 0 Å². The van der Waals surface area contributed by atoms with Crippen LogP contribution in [-0.2, 0) is 16.2 Å². The van der Waals surface area contributed by atoms with E-state index in [1.165, 1.54) is 30.3 Å². The van der Waals surface area contributed by atoms with E-state index in [9.17, 15) is 4.79 Å². The zero-order valence-electron chi connectivity index (χ0n) is 9.40. The predicted molar refractivity (Wildman–Crippen MR) is 60.9 cm³/mol. The molecule has 2 heterocycles. The number of carbonyl (C=O) groups is 1. The van der Waals surface area contributed by atoms with E-state index in [0.717, 1.165) is 9.94 Å². The number of hydrogen-bond donors (Lipinski definition) is 0. The Morgan fingerprint density at radius 2 is 2.47 bits per heavy atom. The smallest absolute Gasteiger partial charge is 0.269 e. The zero-order valence-corrected chi connectivity index (χ0v) is 10.2. The maximum Gasteiger partial charge on any atom is 0.269 e. The first kappa shape index (κ1) is 11.7.